The van der Waals surface area contributed by atoms with Crippen molar-refractivity contribution in [3.63, 3.8) is 0 Å². The molecule has 3 rings (SSSR count). The van der Waals surface area contributed by atoms with Crippen LogP contribution in [0.5, 0.6) is 0 Å². The monoisotopic (exact) mass is 325 g/mol. The average molecular weight is 325 g/mol. The zero-order valence-electron chi connectivity index (χ0n) is 12.7. The van der Waals surface area contributed by atoms with Crippen molar-refractivity contribution in [3.05, 3.63) is 82.0 Å². The third-order valence-electron chi connectivity index (χ3n) is 3.38. The summed E-state index contributed by atoms with van der Waals surface area (Å²) in [6, 6.07) is 13.5. The van der Waals surface area contributed by atoms with E-state index >= 15 is 0 Å². The topological polar surface area (TPSA) is 68.9 Å². The van der Waals surface area contributed by atoms with Gasteiger partial charge in [-0.2, -0.15) is 0 Å². The molecule has 0 spiro atoms. The van der Waals surface area contributed by atoms with Crippen LogP contribution < -0.4 is 5.63 Å². The fourth-order valence-corrected chi connectivity index (χ4v) is 2.11. The molecule has 6 heteroatoms. The number of hydrogen-bond acceptors (Lipinski definition) is 5. The van der Waals surface area contributed by atoms with E-state index in [1.165, 1.54) is 19.1 Å². The van der Waals surface area contributed by atoms with Gasteiger partial charge in [-0.3, -0.25) is 0 Å². The molecule has 1 aromatic heterocycles. The molecule has 5 nitrogen and oxygen atoms in total. The van der Waals surface area contributed by atoms with Gasteiger partial charge in [-0.05, 0) is 43.3 Å². The first-order chi connectivity index (χ1) is 11.5. The van der Waals surface area contributed by atoms with Crippen molar-refractivity contribution in [2.75, 3.05) is 0 Å². The van der Waals surface area contributed by atoms with E-state index in [0.29, 0.717) is 5.58 Å². The summed E-state index contributed by atoms with van der Waals surface area (Å²) in [5.41, 5.74) is 0.430. The van der Waals surface area contributed by atoms with E-state index in [1.807, 2.05) is 6.07 Å². The maximum Gasteiger partial charge on any atom is 0.365 e. The molecule has 0 N–H and O–H groups in total. The molecule has 0 radical (unpaired) electrons. The SMILES string of the molecule is C/C(=N/OC(=O)c1ccc(F)cc1)c1cc2ccccc2oc1=O. The highest BCUT2D eigenvalue weighted by Gasteiger charge is 2.11. The Morgan fingerprint density at radius 3 is 2.58 bits per heavy atom. The molecule has 2 aromatic carbocycles. The van der Waals surface area contributed by atoms with Gasteiger partial charge in [0.05, 0.1) is 16.8 Å². The minimum Gasteiger partial charge on any atom is -0.422 e. The summed E-state index contributed by atoms with van der Waals surface area (Å²) in [5, 5.41) is 4.40. The van der Waals surface area contributed by atoms with Gasteiger partial charge < -0.3 is 9.25 Å². The Morgan fingerprint density at radius 1 is 1.12 bits per heavy atom. The molecule has 0 bridgehead atoms. The van der Waals surface area contributed by atoms with E-state index in [9.17, 15) is 14.0 Å². The molecule has 0 saturated carbocycles. The van der Waals surface area contributed by atoms with Gasteiger partial charge >= 0.3 is 11.6 Å². The van der Waals surface area contributed by atoms with Crippen LogP contribution in [0.3, 0.4) is 0 Å². The van der Waals surface area contributed by atoms with E-state index in [0.717, 1.165) is 17.5 Å². The number of carbonyl (C=O) groups is 1. The lowest BCUT2D eigenvalue weighted by Gasteiger charge is -2.02. The van der Waals surface area contributed by atoms with Crippen molar-refractivity contribution in [3.8, 4) is 0 Å². The second-order valence-corrected chi connectivity index (χ2v) is 5.05. The number of nitrogens with zero attached hydrogens (tertiary/aromatic N) is 1. The number of hydrogen-bond donors (Lipinski definition) is 0. The Morgan fingerprint density at radius 2 is 1.83 bits per heavy atom. The zero-order valence-corrected chi connectivity index (χ0v) is 12.7. The normalized spacial score (nSPS) is 11.5. The predicted octanol–water partition coefficient (Wildman–Crippen LogP) is 3.51. The summed E-state index contributed by atoms with van der Waals surface area (Å²) in [7, 11) is 0. The van der Waals surface area contributed by atoms with Crippen LogP contribution in [0.4, 0.5) is 4.39 Å². The lowest BCUT2D eigenvalue weighted by molar-refractivity contribution is 0.0516. The first-order valence-electron chi connectivity index (χ1n) is 7.09. The minimum absolute atomic E-state index is 0.151. The smallest absolute Gasteiger partial charge is 0.365 e. The van der Waals surface area contributed by atoms with Crippen molar-refractivity contribution in [2.45, 2.75) is 6.92 Å². The first kappa shape index (κ1) is 15.6. The summed E-state index contributed by atoms with van der Waals surface area (Å²) in [6.45, 7) is 1.53. The number of fused-ring (bicyclic) bond motifs is 1. The molecule has 120 valence electrons. The molecule has 24 heavy (non-hydrogen) atoms. The van der Waals surface area contributed by atoms with Crippen molar-refractivity contribution in [2.24, 2.45) is 5.16 Å². The highest BCUT2D eigenvalue weighted by atomic mass is 19.1. The summed E-state index contributed by atoms with van der Waals surface area (Å²) in [6.07, 6.45) is 0. The lowest BCUT2D eigenvalue weighted by Crippen LogP contribution is -2.13. The molecule has 0 unspecified atom stereocenters. The molecule has 0 fully saturated rings. The molecule has 0 aliphatic rings. The lowest BCUT2D eigenvalue weighted by atomic mass is 10.1. The Bertz CT molecular complexity index is 990. The molecule has 1 heterocycles. The standard InChI is InChI=1S/C18H12FNO4/c1-11(20-24-17(21)12-6-8-14(19)9-7-12)15-10-13-4-2-3-5-16(13)23-18(15)22/h2-10H,1H3/b20-11-. The molecule has 0 aliphatic heterocycles. The molecule has 0 aliphatic carbocycles. The maximum absolute atomic E-state index is 12.8. The number of halogens is 1. The number of para-hydroxylation sites is 1. The van der Waals surface area contributed by atoms with Crippen LogP contribution >= 0.6 is 0 Å². The Kier molecular flexibility index (Phi) is 4.20. The highest BCUT2D eigenvalue weighted by Crippen LogP contribution is 2.13. The zero-order chi connectivity index (χ0) is 17.1. The maximum atomic E-state index is 12.8. The fraction of sp³-hybridized carbons (Fsp3) is 0.0556. The van der Waals surface area contributed by atoms with Gasteiger partial charge in [0.2, 0.25) is 0 Å². The van der Waals surface area contributed by atoms with Crippen LogP contribution in [0.2, 0.25) is 0 Å². The summed E-state index contributed by atoms with van der Waals surface area (Å²) < 4.78 is 18.0. The van der Waals surface area contributed by atoms with Crippen molar-refractivity contribution >= 4 is 22.7 Å². The first-order valence-corrected chi connectivity index (χ1v) is 7.09. The van der Waals surface area contributed by atoms with Crippen LogP contribution in [0.1, 0.15) is 22.8 Å². The Balaban J connectivity index is 1.85. The van der Waals surface area contributed by atoms with Crippen molar-refractivity contribution < 1.29 is 18.4 Å². The summed E-state index contributed by atoms with van der Waals surface area (Å²) >= 11 is 0. The van der Waals surface area contributed by atoms with Gasteiger partial charge in [0, 0.05) is 5.39 Å². The van der Waals surface area contributed by atoms with E-state index in [4.69, 9.17) is 9.25 Å². The summed E-state index contributed by atoms with van der Waals surface area (Å²) in [4.78, 5) is 28.6. The van der Waals surface area contributed by atoms with E-state index in [-0.39, 0.29) is 16.8 Å². The number of oxime groups is 1. The molecule has 0 saturated heterocycles. The second-order valence-electron chi connectivity index (χ2n) is 5.05. The van der Waals surface area contributed by atoms with Crippen LogP contribution in [0, 0.1) is 5.82 Å². The second kappa shape index (κ2) is 6.45. The van der Waals surface area contributed by atoms with E-state index < -0.39 is 17.4 Å². The van der Waals surface area contributed by atoms with Crippen LogP contribution in [-0.4, -0.2) is 11.7 Å². The van der Waals surface area contributed by atoms with E-state index in [1.54, 1.807) is 24.3 Å². The Hall–Kier alpha value is -3.28. The number of carbonyl (C=O) groups excluding carboxylic acids is 1. The van der Waals surface area contributed by atoms with Crippen LogP contribution in [0.25, 0.3) is 11.0 Å². The molecule has 0 atom stereocenters. The summed E-state index contributed by atoms with van der Waals surface area (Å²) in [5.74, 6) is -1.21. The van der Waals surface area contributed by atoms with Gasteiger partial charge in [-0.15, -0.1) is 0 Å². The largest absolute Gasteiger partial charge is 0.422 e. The average Bonchev–Trinajstić information content (AvgIpc) is 2.59. The molecular formula is C18H12FNO4. The minimum atomic E-state index is -0.750. The van der Waals surface area contributed by atoms with Gasteiger partial charge in [0.25, 0.3) is 0 Å². The Labute approximate surface area is 136 Å². The number of benzene rings is 2. The predicted molar refractivity (Wildman–Crippen MR) is 86.5 cm³/mol. The van der Waals surface area contributed by atoms with Crippen LogP contribution in [-0.2, 0) is 4.84 Å². The molecular weight excluding hydrogens is 313 g/mol. The number of rotatable bonds is 3. The van der Waals surface area contributed by atoms with Crippen molar-refractivity contribution in [1.29, 1.82) is 0 Å². The van der Waals surface area contributed by atoms with Gasteiger partial charge in [-0.1, -0.05) is 23.4 Å². The van der Waals surface area contributed by atoms with Gasteiger partial charge in [0.1, 0.15) is 11.4 Å². The third kappa shape index (κ3) is 3.22. The van der Waals surface area contributed by atoms with Gasteiger partial charge in [-0.25, -0.2) is 14.0 Å². The van der Waals surface area contributed by atoms with Crippen LogP contribution in [0.15, 0.2) is 69.0 Å². The molecule has 3 aromatic rings. The van der Waals surface area contributed by atoms with Crippen molar-refractivity contribution in [1.82, 2.24) is 0 Å². The van der Waals surface area contributed by atoms with E-state index in [2.05, 4.69) is 5.16 Å². The third-order valence-corrected chi connectivity index (χ3v) is 3.38. The molecule has 0 amide bonds. The van der Waals surface area contributed by atoms with Gasteiger partial charge in [0.15, 0.2) is 0 Å². The highest BCUT2D eigenvalue weighted by molar-refractivity contribution is 6.00. The fourth-order valence-electron chi connectivity index (χ4n) is 2.11. The quantitative estimate of drug-likeness (QED) is 0.320.